The molecule has 0 saturated carbocycles. The number of phenols is 1. The maximum atomic E-state index is 13.0. The smallest absolute Gasteiger partial charge is 0.332 e. The molecule has 0 unspecified atom stereocenters. The Bertz CT molecular complexity index is 1630. The zero-order valence-corrected chi connectivity index (χ0v) is 18.3. The molecule has 0 aliphatic carbocycles. The predicted octanol–water partition coefficient (Wildman–Crippen LogP) is 2.92. The molecule has 0 aliphatic rings. The molecule has 8 heteroatoms. The number of aromatic hydroxyl groups is 1. The molecular weight excluding hydrogens is 406 g/mol. The third-order valence-electron chi connectivity index (χ3n) is 5.99. The van der Waals surface area contributed by atoms with E-state index < -0.39 is 11.2 Å². The Labute approximate surface area is 183 Å². The largest absolute Gasteiger partial charge is 0.506 e. The Hall–Kier alpha value is -4.07. The first kappa shape index (κ1) is 19.9. The molecular formula is C24H23N5O3. The van der Waals surface area contributed by atoms with Gasteiger partial charge in [0, 0.05) is 25.9 Å². The van der Waals surface area contributed by atoms with Crippen molar-refractivity contribution in [2.75, 3.05) is 0 Å². The summed E-state index contributed by atoms with van der Waals surface area (Å²) in [6.07, 6.45) is 2.76. The van der Waals surface area contributed by atoms with Gasteiger partial charge in [-0.1, -0.05) is 37.3 Å². The van der Waals surface area contributed by atoms with Crippen LogP contribution in [0, 0.1) is 6.92 Å². The number of hydrogen-bond acceptors (Lipinski definition) is 4. The van der Waals surface area contributed by atoms with E-state index in [4.69, 9.17) is 0 Å². The van der Waals surface area contributed by atoms with Gasteiger partial charge in [0.15, 0.2) is 11.2 Å². The predicted molar refractivity (Wildman–Crippen MR) is 124 cm³/mol. The van der Waals surface area contributed by atoms with E-state index in [1.54, 1.807) is 17.5 Å². The summed E-state index contributed by atoms with van der Waals surface area (Å²) in [5.74, 6) is 0.530. The monoisotopic (exact) mass is 429 g/mol. The lowest BCUT2D eigenvalue weighted by Gasteiger charge is -2.12. The maximum absolute atomic E-state index is 13.0. The maximum Gasteiger partial charge on any atom is 0.332 e. The molecule has 3 heterocycles. The van der Waals surface area contributed by atoms with Crippen LogP contribution in [-0.2, 0) is 20.5 Å². The highest BCUT2D eigenvalue weighted by Crippen LogP contribution is 2.33. The van der Waals surface area contributed by atoms with Crippen molar-refractivity contribution in [1.29, 1.82) is 0 Å². The van der Waals surface area contributed by atoms with Crippen molar-refractivity contribution in [3.63, 3.8) is 0 Å². The van der Waals surface area contributed by atoms with Crippen LogP contribution < -0.4 is 11.2 Å². The number of phenolic OH excluding ortho intramolecular Hbond substituents is 1. The van der Waals surface area contributed by atoms with E-state index in [0.29, 0.717) is 22.6 Å². The van der Waals surface area contributed by atoms with Gasteiger partial charge >= 0.3 is 5.69 Å². The number of rotatable bonds is 3. The fourth-order valence-electron chi connectivity index (χ4n) is 4.14. The molecule has 1 N–H and O–H groups in total. The third-order valence-corrected chi connectivity index (χ3v) is 5.99. The van der Waals surface area contributed by atoms with Crippen molar-refractivity contribution in [3.05, 3.63) is 80.6 Å². The highest BCUT2D eigenvalue weighted by atomic mass is 16.3. The van der Waals surface area contributed by atoms with E-state index in [2.05, 4.69) is 24.0 Å². The summed E-state index contributed by atoms with van der Waals surface area (Å²) >= 11 is 0. The molecule has 5 aromatic rings. The molecule has 5 rings (SSSR count). The second-order valence-corrected chi connectivity index (χ2v) is 8.05. The third kappa shape index (κ3) is 2.72. The van der Waals surface area contributed by atoms with Crippen LogP contribution in [0.2, 0.25) is 0 Å². The number of benzene rings is 2. The molecule has 0 bridgehead atoms. The van der Waals surface area contributed by atoms with Gasteiger partial charge in [-0.3, -0.25) is 22.9 Å². The van der Waals surface area contributed by atoms with Crippen molar-refractivity contribution in [2.24, 2.45) is 14.1 Å². The quantitative estimate of drug-likeness (QED) is 0.478. The van der Waals surface area contributed by atoms with Crippen molar-refractivity contribution in [3.8, 4) is 22.7 Å². The summed E-state index contributed by atoms with van der Waals surface area (Å²) in [5.41, 5.74) is 4.16. The number of nitrogens with zero attached hydrogens (tertiary/aromatic N) is 5. The Morgan fingerprint density at radius 3 is 2.41 bits per heavy atom. The van der Waals surface area contributed by atoms with E-state index in [1.807, 2.05) is 42.0 Å². The van der Waals surface area contributed by atoms with Crippen LogP contribution in [0.1, 0.15) is 18.1 Å². The number of imidazole rings is 2. The average Bonchev–Trinajstić information content (AvgIpc) is 3.34. The minimum absolute atomic E-state index is 0.0916. The molecule has 3 aromatic heterocycles. The molecule has 0 fully saturated rings. The van der Waals surface area contributed by atoms with Gasteiger partial charge in [-0.05, 0) is 36.6 Å². The minimum Gasteiger partial charge on any atom is -0.506 e. The highest BCUT2D eigenvalue weighted by Gasteiger charge is 2.23. The Morgan fingerprint density at radius 1 is 1.00 bits per heavy atom. The van der Waals surface area contributed by atoms with Gasteiger partial charge in [0.2, 0.25) is 5.78 Å². The highest BCUT2D eigenvalue weighted by molar-refractivity contribution is 5.80. The fraction of sp³-hybridized carbons (Fsp3) is 0.208. The molecule has 0 atom stereocenters. The normalized spacial score (nSPS) is 11.6. The van der Waals surface area contributed by atoms with Crippen LogP contribution in [0.15, 0.2) is 58.3 Å². The summed E-state index contributed by atoms with van der Waals surface area (Å²) in [4.78, 5) is 30.1. The molecule has 0 amide bonds. The van der Waals surface area contributed by atoms with Gasteiger partial charge in [0.05, 0.1) is 11.4 Å². The lowest BCUT2D eigenvalue weighted by atomic mass is 10.1. The molecule has 162 valence electrons. The summed E-state index contributed by atoms with van der Waals surface area (Å²) in [7, 11) is 3.05. The number of hydrogen-bond donors (Lipinski definition) is 1. The summed E-state index contributed by atoms with van der Waals surface area (Å²) in [5, 5.41) is 10.7. The van der Waals surface area contributed by atoms with Gasteiger partial charge in [-0.25, -0.2) is 4.79 Å². The second-order valence-electron chi connectivity index (χ2n) is 8.05. The molecule has 8 nitrogen and oxygen atoms in total. The van der Waals surface area contributed by atoms with Crippen LogP contribution in [0.3, 0.4) is 0 Å². The molecule has 32 heavy (non-hydrogen) atoms. The molecule has 0 saturated heterocycles. The minimum atomic E-state index is -0.441. The van der Waals surface area contributed by atoms with Gasteiger partial charge in [0.1, 0.15) is 5.75 Å². The van der Waals surface area contributed by atoms with E-state index in [9.17, 15) is 14.7 Å². The van der Waals surface area contributed by atoms with Crippen molar-refractivity contribution >= 4 is 16.9 Å². The first-order valence-corrected chi connectivity index (χ1v) is 10.4. The second kappa shape index (κ2) is 6.98. The van der Waals surface area contributed by atoms with E-state index in [1.165, 1.54) is 17.2 Å². The van der Waals surface area contributed by atoms with Gasteiger partial charge in [-0.15, -0.1) is 0 Å². The number of aromatic nitrogens is 5. The molecule has 0 radical (unpaired) electrons. The van der Waals surface area contributed by atoms with Crippen LogP contribution >= 0.6 is 0 Å². The summed E-state index contributed by atoms with van der Waals surface area (Å²) in [6.45, 7) is 4.05. The lowest BCUT2D eigenvalue weighted by Crippen LogP contribution is -2.37. The number of aryl methyl sites for hydroxylation is 3. The zero-order valence-electron chi connectivity index (χ0n) is 18.3. The van der Waals surface area contributed by atoms with Gasteiger partial charge < -0.3 is 5.11 Å². The Kier molecular flexibility index (Phi) is 4.33. The SMILES string of the molecule is CCc1ccc(-c2cn3c4c(=O)n(C)c(=O)n(C)c4nc3n2-c2cc(C)ccc2O)cc1. The van der Waals surface area contributed by atoms with Crippen molar-refractivity contribution in [1.82, 2.24) is 23.1 Å². The zero-order chi connectivity index (χ0) is 22.7. The van der Waals surface area contributed by atoms with Crippen molar-refractivity contribution in [2.45, 2.75) is 20.3 Å². The Balaban J connectivity index is 1.96. The standard InChI is InChI=1S/C24H23N5O3/c1-5-15-7-9-16(10-8-15)18-13-28-20-21(26(3)24(32)27(4)22(20)31)25-23(28)29(18)17-12-14(2)6-11-19(17)30/h6-13,30H,5H2,1-4H3. The lowest BCUT2D eigenvalue weighted by molar-refractivity contribution is 0.472. The van der Waals surface area contributed by atoms with Crippen molar-refractivity contribution < 1.29 is 5.11 Å². The number of fused-ring (bicyclic) bond motifs is 3. The summed E-state index contributed by atoms with van der Waals surface area (Å²) in [6, 6.07) is 13.5. The topological polar surface area (TPSA) is 86.5 Å². The van der Waals surface area contributed by atoms with E-state index in [-0.39, 0.29) is 5.75 Å². The molecule has 0 spiro atoms. The summed E-state index contributed by atoms with van der Waals surface area (Å²) < 4.78 is 5.96. The molecule has 2 aromatic carbocycles. The average molecular weight is 429 g/mol. The Morgan fingerprint density at radius 2 is 1.72 bits per heavy atom. The van der Waals surface area contributed by atoms with Crippen LogP contribution in [-0.4, -0.2) is 28.2 Å². The fourth-order valence-corrected chi connectivity index (χ4v) is 4.14. The molecule has 0 aliphatic heterocycles. The van der Waals surface area contributed by atoms with Crippen LogP contribution in [0.25, 0.3) is 33.9 Å². The van der Waals surface area contributed by atoms with Gasteiger partial charge in [0.25, 0.3) is 5.56 Å². The van der Waals surface area contributed by atoms with Crippen LogP contribution in [0.4, 0.5) is 0 Å². The first-order chi connectivity index (χ1) is 15.3. The van der Waals surface area contributed by atoms with Gasteiger partial charge in [-0.2, -0.15) is 4.98 Å². The van der Waals surface area contributed by atoms with Crippen LogP contribution in [0.5, 0.6) is 5.75 Å². The first-order valence-electron chi connectivity index (χ1n) is 10.4. The van der Waals surface area contributed by atoms with E-state index in [0.717, 1.165) is 27.8 Å². The van der Waals surface area contributed by atoms with E-state index >= 15 is 0 Å².